The molecule has 5 atom stereocenters. The molecule has 2 aromatic rings. The highest BCUT2D eigenvalue weighted by molar-refractivity contribution is 5.28. The third-order valence-corrected chi connectivity index (χ3v) is 6.01. The van der Waals surface area contributed by atoms with Crippen molar-refractivity contribution in [2.24, 2.45) is 17.6 Å². The van der Waals surface area contributed by atoms with Crippen molar-refractivity contribution in [3.63, 3.8) is 0 Å². The van der Waals surface area contributed by atoms with Crippen molar-refractivity contribution >= 4 is 0 Å². The van der Waals surface area contributed by atoms with Crippen molar-refractivity contribution in [1.82, 2.24) is 0 Å². The fourth-order valence-corrected chi connectivity index (χ4v) is 4.38. The Kier molecular flexibility index (Phi) is 7.97. The molecule has 31 heavy (non-hydrogen) atoms. The minimum absolute atomic E-state index is 0.0644. The Morgan fingerprint density at radius 3 is 2.29 bits per heavy atom. The van der Waals surface area contributed by atoms with Crippen LogP contribution in [0.5, 0.6) is 5.75 Å². The molecular formula is C24H30F3NO3. The van der Waals surface area contributed by atoms with Crippen molar-refractivity contribution < 1.29 is 27.8 Å². The van der Waals surface area contributed by atoms with E-state index in [1.807, 2.05) is 25.1 Å². The van der Waals surface area contributed by atoms with Crippen LogP contribution < -0.4 is 10.5 Å². The molecule has 1 fully saturated rings. The smallest absolute Gasteiger partial charge is 0.406 e. The van der Waals surface area contributed by atoms with Gasteiger partial charge in [0.05, 0.1) is 12.1 Å². The largest absolute Gasteiger partial charge is 0.573 e. The summed E-state index contributed by atoms with van der Waals surface area (Å²) in [6.07, 6.45) is -2.04. The molecule has 1 saturated heterocycles. The first-order valence-corrected chi connectivity index (χ1v) is 10.7. The quantitative estimate of drug-likeness (QED) is 0.703. The molecule has 2 aromatic carbocycles. The Morgan fingerprint density at radius 2 is 1.65 bits per heavy atom. The van der Waals surface area contributed by atoms with E-state index in [1.54, 1.807) is 12.1 Å². The van der Waals surface area contributed by atoms with E-state index in [1.165, 1.54) is 17.7 Å². The van der Waals surface area contributed by atoms with Crippen molar-refractivity contribution in [2.75, 3.05) is 0 Å². The van der Waals surface area contributed by atoms with Crippen molar-refractivity contribution in [1.29, 1.82) is 0 Å². The molecular weight excluding hydrogens is 407 g/mol. The predicted octanol–water partition coefficient (Wildman–Crippen LogP) is 4.84. The molecule has 0 bridgehead atoms. The van der Waals surface area contributed by atoms with Gasteiger partial charge in [0.1, 0.15) is 5.75 Å². The lowest BCUT2D eigenvalue weighted by Gasteiger charge is -2.33. The molecule has 7 heteroatoms. The van der Waals surface area contributed by atoms with Crippen LogP contribution in [0, 0.1) is 11.8 Å². The highest BCUT2D eigenvalue weighted by atomic mass is 19.4. The number of alkyl halides is 3. The maximum absolute atomic E-state index is 12.4. The second-order valence-electron chi connectivity index (χ2n) is 8.34. The number of hydrogen-bond donors (Lipinski definition) is 2. The summed E-state index contributed by atoms with van der Waals surface area (Å²) in [6, 6.07) is 15.7. The molecule has 1 aliphatic heterocycles. The summed E-state index contributed by atoms with van der Waals surface area (Å²) in [5.74, 6) is 0.104. The standard InChI is InChI=1S/C24H30F3NO3/c1-16-21(15-18-10-12-20(13-11-18)31-24(25,26)27)19(14-17-6-3-2-4-7-17)8-5-9-22(28)23(29)30-16/h2-4,6-7,10-13,16,19,21-23,29H,5,8-9,14-15,28H2,1H3. The number of benzene rings is 2. The monoisotopic (exact) mass is 437 g/mol. The molecule has 1 aliphatic rings. The van der Waals surface area contributed by atoms with E-state index in [0.29, 0.717) is 12.8 Å². The highest BCUT2D eigenvalue weighted by Crippen LogP contribution is 2.33. The Labute approximate surface area is 181 Å². The minimum atomic E-state index is -4.71. The summed E-state index contributed by atoms with van der Waals surface area (Å²) in [5.41, 5.74) is 8.18. The summed E-state index contributed by atoms with van der Waals surface area (Å²) in [7, 11) is 0. The lowest BCUT2D eigenvalue weighted by Crippen LogP contribution is -2.40. The summed E-state index contributed by atoms with van der Waals surface area (Å²) >= 11 is 0. The Balaban J connectivity index is 1.81. The van der Waals surface area contributed by atoms with Gasteiger partial charge in [-0.25, -0.2) is 0 Å². The van der Waals surface area contributed by atoms with Gasteiger partial charge in [0.2, 0.25) is 0 Å². The topological polar surface area (TPSA) is 64.7 Å². The van der Waals surface area contributed by atoms with E-state index < -0.39 is 18.7 Å². The second kappa shape index (κ2) is 10.5. The number of ether oxygens (including phenoxy) is 2. The molecule has 0 amide bonds. The average molecular weight is 438 g/mol. The second-order valence-corrected chi connectivity index (χ2v) is 8.34. The normalized spacial score (nSPS) is 27.7. The van der Waals surface area contributed by atoms with E-state index in [-0.39, 0.29) is 23.7 Å². The van der Waals surface area contributed by atoms with Gasteiger partial charge in [-0.2, -0.15) is 0 Å². The van der Waals surface area contributed by atoms with Crippen LogP contribution in [0.3, 0.4) is 0 Å². The first-order valence-electron chi connectivity index (χ1n) is 10.7. The van der Waals surface area contributed by atoms with Gasteiger partial charge in [-0.3, -0.25) is 0 Å². The Hall–Kier alpha value is -2.09. The summed E-state index contributed by atoms with van der Waals surface area (Å²) in [6.45, 7) is 1.94. The average Bonchev–Trinajstić information content (AvgIpc) is 2.75. The molecule has 3 rings (SSSR count). The zero-order valence-corrected chi connectivity index (χ0v) is 17.6. The van der Waals surface area contributed by atoms with Gasteiger partial charge in [-0.15, -0.1) is 13.2 Å². The maximum Gasteiger partial charge on any atom is 0.573 e. The molecule has 0 saturated carbocycles. The summed E-state index contributed by atoms with van der Waals surface area (Å²) < 4.78 is 47.2. The summed E-state index contributed by atoms with van der Waals surface area (Å²) in [4.78, 5) is 0. The molecule has 5 unspecified atom stereocenters. The van der Waals surface area contributed by atoms with Crippen LogP contribution in [-0.2, 0) is 17.6 Å². The Bertz CT molecular complexity index is 798. The van der Waals surface area contributed by atoms with Crippen molar-refractivity contribution in [3.8, 4) is 5.75 Å². The number of aliphatic hydroxyl groups is 1. The fourth-order valence-electron chi connectivity index (χ4n) is 4.38. The maximum atomic E-state index is 12.4. The lowest BCUT2D eigenvalue weighted by molar-refractivity contribution is -0.274. The van der Waals surface area contributed by atoms with Crippen molar-refractivity contribution in [3.05, 3.63) is 65.7 Å². The van der Waals surface area contributed by atoms with Crippen LogP contribution in [0.2, 0.25) is 0 Å². The molecule has 3 N–H and O–H groups in total. The van der Waals surface area contributed by atoms with Gasteiger partial charge in [0.15, 0.2) is 6.29 Å². The molecule has 0 radical (unpaired) electrons. The van der Waals surface area contributed by atoms with E-state index in [2.05, 4.69) is 16.9 Å². The van der Waals surface area contributed by atoms with Gasteiger partial charge in [0.25, 0.3) is 0 Å². The lowest BCUT2D eigenvalue weighted by atomic mass is 9.77. The molecule has 0 aromatic heterocycles. The highest BCUT2D eigenvalue weighted by Gasteiger charge is 2.33. The molecule has 1 heterocycles. The number of rotatable bonds is 5. The first kappa shape index (κ1) is 23.6. The Morgan fingerprint density at radius 1 is 1.00 bits per heavy atom. The van der Waals surface area contributed by atoms with Crippen molar-refractivity contribution in [2.45, 2.75) is 63.8 Å². The third-order valence-electron chi connectivity index (χ3n) is 6.01. The molecule has 4 nitrogen and oxygen atoms in total. The van der Waals surface area contributed by atoms with E-state index >= 15 is 0 Å². The predicted molar refractivity (Wildman–Crippen MR) is 112 cm³/mol. The van der Waals surface area contributed by atoms with Gasteiger partial charge in [0, 0.05) is 0 Å². The SMILES string of the molecule is CC1OC(O)C(N)CCCC(Cc2ccccc2)C1Cc1ccc(OC(F)(F)F)cc1. The zero-order valence-electron chi connectivity index (χ0n) is 17.6. The first-order chi connectivity index (χ1) is 14.7. The van der Waals surface area contributed by atoms with E-state index in [0.717, 1.165) is 24.8 Å². The van der Waals surface area contributed by atoms with E-state index in [9.17, 15) is 18.3 Å². The van der Waals surface area contributed by atoms with Gasteiger partial charge in [-0.1, -0.05) is 48.9 Å². The van der Waals surface area contributed by atoms with Crippen LogP contribution in [0.15, 0.2) is 54.6 Å². The van der Waals surface area contributed by atoms with Crippen LogP contribution in [0.25, 0.3) is 0 Å². The van der Waals surface area contributed by atoms with Crippen LogP contribution >= 0.6 is 0 Å². The van der Waals surface area contributed by atoms with Gasteiger partial charge >= 0.3 is 6.36 Å². The van der Waals surface area contributed by atoms with Gasteiger partial charge < -0.3 is 20.3 Å². The van der Waals surface area contributed by atoms with Crippen LogP contribution in [0.4, 0.5) is 13.2 Å². The molecule has 170 valence electrons. The van der Waals surface area contributed by atoms with Crippen LogP contribution in [-0.4, -0.2) is 29.9 Å². The third kappa shape index (κ3) is 7.23. The number of nitrogens with two attached hydrogens (primary N) is 1. The minimum Gasteiger partial charge on any atom is -0.406 e. The number of halogens is 3. The fraction of sp³-hybridized carbons (Fsp3) is 0.500. The number of hydrogen-bond acceptors (Lipinski definition) is 4. The molecule has 0 aliphatic carbocycles. The van der Waals surface area contributed by atoms with E-state index in [4.69, 9.17) is 10.5 Å². The van der Waals surface area contributed by atoms with Crippen LogP contribution in [0.1, 0.15) is 37.3 Å². The summed E-state index contributed by atoms with van der Waals surface area (Å²) in [5, 5.41) is 10.3. The molecule has 0 spiro atoms. The zero-order chi connectivity index (χ0) is 22.4. The van der Waals surface area contributed by atoms with Gasteiger partial charge in [-0.05, 0) is 67.7 Å². The number of aliphatic hydroxyl groups excluding tert-OH is 1.